The molecule has 0 spiro atoms. The van der Waals surface area contributed by atoms with Crippen molar-refractivity contribution in [1.82, 2.24) is 30.3 Å². The molecule has 1 saturated carbocycles. The van der Waals surface area contributed by atoms with Crippen LogP contribution in [0, 0.1) is 31.6 Å². The molecule has 33 heavy (non-hydrogen) atoms. The fourth-order valence-corrected chi connectivity index (χ4v) is 5.61. The van der Waals surface area contributed by atoms with Crippen LogP contribution >= 0.6 is 0 Å². The van der Waals surface area contributed by atoms with Crippen molar-refractivity contribution in [3.05, 3.63) is 58.3 Å². The van der Waals surface area contributed by atoms with Crippen molar-refractivity contribution in [2.45, 2.75) is 39.3 Å². The van der Waals surface area contributed by atoms with E-state index in [9.17, 15) is 9.18 Å². The lowest BCUT2D eigenvalue weighted by molar-refractivity contribution is 0.0936. The number of aromatic amines is 1. The van der Waals surface area contributed by atoms with Crippen LogP contribution < -0.4 is 10.2 Å². The van der Waals surface area contributed by atoms with E-state index in [0.29, 0.717) is 23.9 Å². The highest BCUT2D eigenvalue weighted by molar-refractivity contribution is 5.94. The standard InChI is InChI=1S/C24H28FN7O/c1-13-15(3-6-22(27-13)31-11-19-18(7-25)20(19)12-31)9-32-10-16(8-26-32)24(33)28-21-5-4-17-14(2)29-30-23(17)21/h3,6,8,10,18-21H,4-5,7,9,11-12H2,1-2H3,(H,28,33)(H,29,30)/t18?,19-,20+,21-/m1/s1. The number of hydrogen-bond donors (Lipinski definition) is 2. The normalized spacial score (nSPS) is 25.2. The van der Waals surface area contributed by atoms with Gasteiger partial charge in [0, 0.05) is 30.7 Å². The summed E-state index contributed by atoms with van der Waals surface area (Å²) >= 11 is 0. The number of halogens is 1. The average molecular weight is 450 g/mol. The van der Waals surface area contributed by atoms with Crippen molar-refractivity contribution in [3.8, 4) is 0 Å². The van der Waals surface area contributed by atoms with Gasteiger partial charge in [-0.15, -0.1) is 0 Å². The van der Waals surface area contributed by atoms with Gasteiger partial charge >= 0.3 is 0 Å². The Kier molecular flexibility index (Phi) is 4.74. The van der Waals surface area contributed by atoms with Gasteiger partial charge in [-0.2, -0.15) is 10.2 Å². The number of hydrogen-bond acceptors (Lipinski definition) is 5. The van der Waals surface area contributed by atoms with Crippen LogP contribution in [0.1, 0.15) is 51.0 Å². The van der Waals surface area contributed by atoms with Gasteiger partial charge in [-0.05, 0) is 61.6 Å². The van der Waals surface area contributed by atoms with E-state index < -0.39 is 0 Å². The summed E-state index contributed by atoms with van der Waals surface area (Å²) in [4.78, 5) is 19.8. The largest absolute Gasteiger partial charge is 0.356 e. The Balaban J connectivity index is 1.09. The van der Waals surface area contributed by atoms with Crippen molar-refractivity contribution in [2.24, 2.45) is 17.8 Å². The summed E-state index contributed by atoms with van der Waals surface area (Å²) < 4.78 is 14.7. The fourth-order valence-electron chi connectivity index (χ4n) is 5.61. The van der Waals surface area contributed by atoms with E-state index in [1.54, 1.807) is 17.1 Å². The second-order valence-electron chi connectivity index (χ2n) is 9.67. The van der Waals surface area contributed by atoms with Gasteiger partial charge < -0.3 is 10.2 Å². The predicted octanol–water partition coefficient (Wildman–Crippen LogP) is 2.74. The van der Waals surface area contributed by atoms with Crippen LogP contribution in [0.2, 0.25) is 0 Å². The Bertz CT molecular complexity index is 1210. The molecule has 1 amide bonds. The molecule has 1 unspecified atom stereocenters. The van der Waals surface area contributed by atoms with Gasteiger partial charge in [0.1, 0.15) is 5.82 Å². The minimum absolute atomic E-state index is 0.0587. The summed E-state index contributed by atoms with van der Waals surface area (Å²) in [5.74, 6) is 2.10. The number of amides is 1. The van der Waals surface area contributed by atoms with Crippen molar-refractivity contribution in [1.29, 1.82) is 0 Å². The molecule has 2 N–H and O–H groups in total. The lowest BCUT2D eigenvalue weighted by atomic mass is 10.2. The second-order valence-corrected chi connectivity index (χ2v) is 9.67. The molecule has 2 fully saturated rings. The van der Waals surface area contributed by atoms with E-state index in [2.05, 4.69) is 31.6 Å². The van der Waals surface area contributed by atoms with Gasteiger partial charge in [0.2, 0.25) is 0 Å². The predicted molar refractivity (Wildman–Crippen MR) is 121 cm³/mol. The molecule has 4 heterocycles. The monoisotopic (exact) mass is 449 g/mol. The number of rotatable bonds is 6. The number of carbonyl (C=O) groups excluding carboxylic acids is 1. The highest BCUT2D eigenvalue weighted by atomic mass is 19.1. The summed E-state index contributed by atoms with van der Waals surface area (Å²) in [5.41, 5.74) is 5.80. The zero-order valence-corrected chi connectivity index (χ0v) is 18.9. The molecule has 0 radical (unpaired) electrons. The number of alkyl halides is 1. The molecular formula is C24H28FN7O. The number of nitrogens with zero attached hydrogens (tertiary/aromatic N) is 5. The van der Waals surface area contributed by atoms with E-state index in [4.69, 9.17) is 4.98 Å². The quantitative estimate of drug-likeness (QED) is 0.604. The van der Waals surface area contributed by atoms with Crippen LogP contribution in [0.4, 0.5) is 10.2 Å². The summed E-state index contributed by atoms with van der Waals surface area (Å²) in [6.07, 6.45) is 5.19. The Hall–Kier alpha value is -3.23. The van der Waals surface area contributed by atoms with Crippen LogP contribution in [0.15, 0.2) is 24.5 Å². The third-order valence-corrected chi connectivity index (χ3v) is 7.71. The maximum atomic E-state index is 12.9. The van der Waals surface area contributed by atoms with Crippen LogP contribution in [-0.2, 0) is 13.0 Å². The van der Waals surface area contributed by atoms with Gasteiger partial charge in [-0.25, -0.2) is 4.98 Å². The van der Waals surface area contributed by atoms with Crippen LogP contribution in [0.25, 0.3) is 0 Å². The third-order valence-electron chi connectivity index (χ3n) is 7.71. The van der Waals surface area contributed by atoms with E-state index in [1.165, 1.54) is 5.56 Å². The van der Waals surface area contributed by atoms with Gasteiger partial charge in [0.15, 0.2) is 0 Å². The molecule has 1 saturated heterocycles. The van der Waals surface area contributed by atoms with Gasteiger partial charge in [0.05, 0.1) is 36.7 Å². The van der Waals surface area contributed by atoms with E-state index in [0.717, 1.165) is 54.4 Å². The molecule has 4 atom stereocenters. The van der Waals surface area contributed by atoms with Crippen molar-refractivity contribution in [2.75, 3.05) is 24.7 Å². The molecule has 0 bridgehead atoms. The number of anilines is 1. The van der Waals surface area contributed by atoms with Gasteiger partial charge in [-0.3, -0.25) is 19.0 Å². The Labute approximate surface area is 191 Å². The Morgan fingerprint density at radius 2 is 2.09 bits per heavy atom. The molecule has 2 aliphatic carbocycles. The maximum absolute atomic E-state index is 12.9. The number of aromatic nitrogens is 5. The summed E-state index contributed by atoms with van der Waals surface area (Å²) in [6.45, 7) is 6.18. The maximum Gasteiger partial charge on any atom is 0.255 e. The van der Waals surface area contributed by atoms with Crippen LogP contribution in [-0.4, -0.2) is 50.6 Å². The van der Waals surface area contributed by atoms with Crippen molar-refractivity contribution < 1.29 is 9.18 Å². The lowest BCUT2D eigenvalue weighted by Gasteiger charge is -2.21. The molecule has 0 aromatic carbocycles. The highest BCUT2D eigenvalue weighted by Crippen LogP contribution is 2.52. The number of piperidine rings is 1. The first-order valence-corrected chi connectivity index (χ1v) is 11.7. The summed E-state index contributed by atoms with van der Waals surface area (Å²) in [7, 11) is 0. The highest BCUT2D eigenvalue weighted by Gasteiger charge is 2.55. The fraction of sp³-hybridized carbons (Fsp3) is 0.500. The zero-order chi connectivity index (χ0) is 22.7. The number of nitrogens with one attached hydrogen (secondary N) is 2. The Morgan fingerprint density at radius 3 is 2.85 bits per heavy atom. The first-order chi connectivity index (χ1) is 16.0. The number of H-pyrrole nitrogens is 1. The number of fused-ring (bicyclic) bond motifs is 2. The minimum atomic E-state index is -0.192. The average Bonchev–Trinajstić information content (AvgIpc) is 3.36. The van der Waals surface area contributed by atoms with Crippen molar-refractivity contribution >= 4 is 11.7 Å². The van der Waals surface area contributed by atoms with Gasteiger partial charge in [0.25, 0.3) is 5.91 Å². The molecule has 9 heteroatoms. The first-order valence-electron chi connectivity index (χ1n) is 11.7. The first kappa shape index (κ1) is 20.4. The summed E-state index contributed by atoms with van der Waals surface area (Å²) in [5, 5.41) is 14.8. The topological polar surface area (TPSA) is 91.7 Å². The molecular weight excluding hydrogens is 421 g/mol. The molecule has 3 aromatic rings. The molecule has 172 valence electrons. The molecule has 1 aliphatic heterocycles. The lowest BCUT2D eigenvalue weighted by Crippen LogP contribution is -2.27. The molecule has 3 aliphatic rings. The van der Waals surface area contributed by atoms with Gasteiger partial charge in [-0.1, -0.05) is 6.07 Å². The van der Waals surface area contributed by atoms with Crippen LogP contribution in [0.5, 0.6) is 0 Å². The number of pyridine rings is 1. The van der Waals surface area contributed by atoms with E-state index >= 15 is 0 Å². The zero-order valence-electron chi connectivity index (χ0n) is 18.9. The SMILES string of the molecule is Cc1nc(N2C[C@@H]3C(CF)[C@@H]3C2)ccc1Cn1cc(C(=O)N[C@@H]2CCc3c2n[nH]c3C)cn1. The number of aryl methyl sites for hydroxylation is 2. The molecule has 6 rings (SSSR count). The smallest absolute Gasteiger partial charge is 0.255 e. The van der Waals surface area contributed by atoms with Crippen LogP contribution in [0.3, 0.4) is 0 Å². The minimum Gasteiger partial charge on any atom is -0.356 e. The van der Waals surface area contributed by atoms with E-state index in [1.807, 2.05) is 19.9 Å². The summed E-state index contributed by atoms with van der Waals surface area (Å²) in [6, 6.07) is 4.06. The Morgan fingerprint density at radius 1 is 1.27 bits per heavy atom. The third kappa shape index (κ3) is 3.50. The number of carbonyl (C=O) groups is 1. The molecule has 3 aromatic heterocycles. The second kappa shape index (κ2) is 7.67. The van der Waals surface area contributed by atoms with Crippen molar-refractivity contribution in [3.63, 3.8) is 0 Å². The van der Waals surface area contributed by atoms with E-state index in [-0.39, 0.29) is 24.5 Å². The molecule has 8 nitrogen and oxygen atoms in total.